The molecule has 1 spiro atoms. The Morgan fingerprint density at radius 2 is 1.00 bits per heavy atom. The van der Waals surface area contributed by atoms with Crippen molar-refractivity contribution in [1.29, 1.82) is 0 Å². The second-order valence-corrected chi connectivity index (χ2v) is 13.1. The van der Waals surface area contributed by atoms with Crippen LogP contribution >= 0.6 is 0 Å². The van der Waals surface area contributed by atoms with Crippen molar-refractivity contribution in [2.45, 2.75) is 5.41 Å². The third kappa shape index (κ3) is 3.87. The standard InChI is InChI=1S/C49H31NO/c1-2-13-32(14-3-1)33-25-27-34(28-26-33)50(45-22-12-24-47-48(45)39-18-7-11-23-46(39)51-47)35-29-30-44-40(31-35)38-17-6-10-21-43(38)49(44)41-19-8-4-15-36(41)37-16-5-9-20-42(37)49/h1-31H/i7D,11D,12D,18D,22D,23D,24D. The zero-order valence-corrected chi connectivity index (χ0v) is 27.2. The Morgan fingerprint density at radius 3 is 1.71 bits per heavy atom. The fourth-order valence-electron chi connectivity index (χ4n) is 8.58. The summed E-state index contributed by atoms with van der Waals surface area (Å²) in [6, 6.07) is 47.3. The van der Waals surface area contributed by atoms with Crippen LogP contribution in [0.1, 0.15) is 31.8 Å². The van der Waals surface area contributed by atoms with Gasteiger partial charge in [0.2, 0.25) is 0 Å². The monoisotopic (exact) mass is 656 g/mol. The number of benzene rings is 8. The Kier molecular flexibility index (Phi) is 4.64. The van der Waals surface area contributed by atoms with Crippen molar-refractivity contribution in [2.75, 3.05) is 4.90 Å². The van der Waals surface area contributed by atoms with Crippen LogP contribution in [0.2, 0.25) is 0 Å². The lowest BCUT2D eigenvalue weighted by Crippen LogP contribution is -2.25. The smallest absolute Gasteiger partial charge is 0.137 e. The summed E-state index contributed by atoms with van der Waals surface area (Å²) in [6.45, 7) is 0. The molecule has 2 nitrogen and oxygen atoms in total. The van der Waals surface area contributed by atoms with Crippen LogP contribution in [0.5, 0.6) is 0 Å². The van der Waals surface area contributed by atoms with E-state index in [1.54, 1.807) is 0 Å². The molecular formula is C49H31NO. The highest BCUT2D eigenvalue weighted by Gasteiger charge is 2.51. The van der Waals surface area contributed by atoms with Crippen LogP contribution in [0.15, 0.2) is 192 Å². The molecule has 0 saturated carbocycles. The molecular weight excluding hydrogens is 619 g/mol. The maximum atomic E-state index is 9.54. The average Bonchev–Trinajstić information content (AvgIpc) is 3.91. The van der Waals surface area contributed by atoms with Gasteiger partial charge in [-0.15, -0.1) is 0 Å². The van der Waals surface area contributed by atoms with E-state index in [1.807, 2.05) is 65.6 Å². The summed E-state index contributed by atoms with van der Waals surface area (Å²) in [5, 5.41) is 0.240. The SMILES string of the molecule is [2H]c1c([2H])c([2H])c2c(oc3c([2H])c([2H])c([2H])c(N(c4ccc(-c5ccccc5)cc4)c4ccc5c(c4)-c4ccccc4C54c5ccccc5-c5ccccc54)c32)c1[2H]. The summed E-state index contributed by atoms with van der Waals surface area (Å²) in [6.07, 6.45) is 0. The van der Waals surface area contributed by atoms with Crippen LogP contribution in [0.25, 0.3) is 55.3 Å². The number of hydrogen-bond acceptors (Lipinski definition) is 2. The van der Waals surface area contributed by atoms with Gasteiger partial charge in [0.05, 0.1) is 26.1 Å². The number of nitrogens with zero attached hydrogens (tertiary/aromatic N) is 1. The van der Waals surface area contributed by atoms with E-state index in [1.165, 1.54) is 27.8 Å². The molecule has 9 aromatic rings. The molecule has 238 valence electrons. The molecule has 0 saturated heterocycles. The Morgan fingerprint density at radius 1 is 0.451 bits per heavy atom. The van der Waals surface area contributed by atoms with Gasteiger partial charge >= 0.3 is 0 Å². The van der Waals surface area contributed by atoms with Gasteiger partial charge < -0.3 is 9.32 Å². The topological polar surface area (TPSA) is 16.4 Å². The van der Waals surface area contributed by atoms with Crippen molar-refractivity contribution in [2.24, 2.45) is 0 Å². The molecule has 1 aromatic heterocycles. The minimum atomic E-state index is -0.571. The lowest BCUT2D eigenvalue weighted by atomic mass is 9.70. The zero-order chi connectivity index (χ0) is 39.6. The molecule has 11 rings (SSSR count). The fourth-order valence-corrected chi connectivity index (χ4v) is 8.58. The minimum absolute atomic E-state index is 0.0635. The van der Waals surface area contributed by atoms with E-state index in [4.69, 9.17) is 12.6 Å². The summed E-state index contributed by atoms with van der Waals surface area (Å²) >= 11 is 0. The van der Waals surface area contributed by atoms with Crippen molar-refractivity contribution in [3.05, 3.63) is 210 Å². The third-order valence-corrected chi connectivity index (χ3v) is 10.6. The molecule has 0 bridgehead atoms. The van der Waals surface area contributed by atoms with Gasteiger partial charge in [-0.2, -0.15) is 0 Å². The van der Waals surface area contributed by atoms with Crippen LogP contribution in [0, 0.1) is 0 Å². The molecule has 0 N–H and O–H groups in total. The highest BCUT2D eigenvalue weighted by Crippen LogP contribution is 2.63. The number of hydrogen-bond donors (Lipinski definition) is 0. The molecule has 0 amide bonds. The molecule has 0 aliphatic heterocycles. The Balaban J connectivity index is 1.23. The van der Waals surface area contributed by atoms with Crippen LogP contribution in [0.4, 0.5) is 17.1 Å². The highest BCUT2D eigenvalue weighted by atomic mass is 16.3. The number of fused-ring (bicyclic) bond motifs is 13. The summed E-state index contributed by atoms with van der Waals surface area (Å²) in [7, 11) is 0. The van der Waals surface area contributed by atoms with Crippen molar-refractivity contribution < 1.29 is 14.0 Å². The van der Waals surface area contributed by atoms with E-state index >= 15 is 0 Å². The Hall–Kier alpha value is -6.64. The van der Waals surface area contributed by atoms with Gasteiger partial charge in [-0.1, -0.05) is 145 Å². The number of rotatable bonds is 4. The summed E-state index contributed by atoms with van der Waals surface area (Å²) in [5.41, 5.74) is 11.9. The Labute approximate surface area is 306 Å². The highest BCUT2D eigenvalue weighted by molar-refractivity contribution is 6.13. The quantitative estimate of drug-likeness (QED) is 0.187. The van der Waals surface area contributed by atoms with Gasteiger partial charge in [-0.3, -0.25) is 0 Å². The van der Waals surface area contributed by atoms with Gasteiger partial charge in [-0.05, 0) is 98.0 Å². The molecule has 2 aliphatic rings. The second kappa shape index (κ2) is 10.7. The van der Waals surface area contributed by atoms with Crippen LogP contribution < -0.4 is 4.90 Å². The molecule has 1 heterocycles. The van der Waals surface area contributed by atoms with Crippen LogP contribution in [-0.4, -0.2) is 0 Å². The average molecular weight is 657 g/mol. The van der Waals surface area contributed by atoms with E-state index < -0.39 is 17.5 Å². The van der Waals surface area contributed by atoms with E-state index in [-0.39, 0.29) is 57.8 Å². The predicted molar refractivity (Wildman–Crippen MR) is 210 cm³/mol. The number of para-hydroxylation sites is 1. The fraction of sp³-hybridized carbons (Fsp3) is 0.0204. The van der Waals surface area contributed by atoms with Crippen molar-refractivity contribution in [1.82, 2.24) is 0 Å². The largest absolute Gasteiger partial charge is 0.456 e. The maximum Gasteiger partial charge on any atom is 0.137 e. The first-order valence-corrected chi connectivity index (χ1v) is 17.0. The first-order chi connectivity index (χ1) is 28.2. The molecule has 2 aliphatic carbocycles. The molecule has 0 atom stereocenters. The molecule has 51 heavy (non-hydrogen) atoms. The van der Waals surface area contributed by atoms with Crippen LogP contribution in [0.3, 0.4) is 0 Å². The summed E-state index contributed by atoms with van der Waals surface area (Å²) in [5.74, 6) is 0. The van der Waals surface area contributed by atoms with Gasteiger partial charge in [0.15, 0.2) is 0 Å². The van der Waals surface area contributed by atoms with E-state index in [9.17, 15) is 1.37 Å². The lowest BCUT2D eigenvalue weighted by molar-refractivity contribution is 0.669. The summed E-state index contributed by atoms with van der Waals surface area (Å²) < 4.78 is 68.4. The normalized spacial score (nSPS) is 15.2. The first kappa shape index (κ1) is 22.2. The molecule has 0 unspecified atom stereocenters. The van der Waals surface area contributed by atoms with Crippen molar-refractivity contribution in [3.8, 4) is 33.4 Å². The Bertz CT molecular complexity index is 3160. The second-order valence-electron chi connectivity index (χ2n) is 13.1. The number of anilines is 3. The van der Waals surface area contributed by atoms with E-state index in [0.717, 1.165) is 27.8 Å². The minimum Gasteiger partial charge on any atom is -0.456 e. The summed E-state index contributed by atoms with van der Waals surface area (Å²) in [4.78, 5) is 1.87. The van der Waals surface area contributed by atoms with Crippen molar-refractivity contribution in [3.63, 3.8) is 0 Å². The molecule has 2 heteroatoms. The number of furan rings is 1. The zero-order valence-electron chi connectivity index (χ0n) is 34.2. The van der Waals surface area contributed by atoms with Gasteiger partial charge in [0.1, 0.15) is 11.2 Å². The maximum absolute atomic E-state index is 9.54. The lowest BCUT2D eigenvalue weighted by Gasteiger charge is -2.31. The predicted octanol–water partition coefficient (Wildman–Crippen LogP) is 13.1. The molecule has 0 radical (unpaired) electrons. The van der Waals surface area contributed by atoms with Gasteiger partial charge in [0, 0.05) is 16.8 Å². The first-order valence-electron chi connectivity index (χ1n) is 20.5. The van der Waals surface area contributed by atoms with Gasteiger partial charge in [0.25, 0.3) is 0 Å². The molecule has 0 fully saturated rings. The third-order valence-electron chi connectivity index (χ3n) is 10.6. The van der Waals surface area contributed by atoms with E-state index in [2.05, 4.69) is 84.9 Å². The van der Waals surface area contributed by atoms with Crippen molar-refractivity contribution >= 4 is 39.0 Å². The van der Waals surface area contributed by atoms with Gasteiger partial charge in [-0.25, -0.2) is 0 Å². The molecule has 8 aromatic carbocycles. The van der Waals surface area contributed by atoms with E-state index in [0.29, 0.717) is 11.4 Å². The van der Waals surface area contributed by atoms with Crippen LogP contribution in [-0.2, 0) is 5.41 Å².